The van der Waals surface area contributed by atoms with Crippen LogP contribution in [-0.2, 0) is 4.79 Å². The van der Waals surface area contributed by atoms with Crippen LogP contribution < -0.4 is 20.1 Å². The Labute approximate surface area is 142 Å². The number of amides is 2. The Morgan fingerprint density at radius 3 is 2.33 bits per heavy atom. The van der Waals surface area contributed by atoms with Crippen LogP contribution in [0.2, 0.25) is 0 Å². The Hall–Kier alpha value is -2.24. The molecule has 0 bridgehead atoms. The van der Waals surface area contributed by atoms with Gasteiger partial charge in [0, 0.05) is 11.6 Å². The van der Waals surface area contributed by atoms with Crippen LogP contribution in [0.1, 0.15) is 48.9 Å². The number of ether oxygens (including phenoxy) is 2. The zero-order valence-electron chi connectivity index (χ0n) is 14.4. The van der Waals surface area contributed by atoms with Crippen molar-refractivity contribution in [1.82, 2.24) is 10.6 Å². The Balaban J connectivity index is 1.84. The molecule has 0 atom stereocenters. The van der Waals surface area contributed by atoms with Crippen LogP contribution in [0.5, 0.6) is 11.5 Å². The summed E-state index contributed by atoms with van der Waals surface area (Å²) in [5.74, 6) is 0.580. The number of rotatable bonds is 6. The fourth-order valence-electron chi connectivity index (χ4n) is 2.94. The molecular weight excluding hydrogens is 308 g/mol. The first-order valence-electron chi connectivity index (χ1n) is 8.43. The molecule has 1 saturated carbocycles. The molecule has 0 spiro atoms. The van der Waals surface area contributed by atoms with E-state index >= 15 is 0 Å². The van der Waals surface area contributed by atoms with E-state index in [2.05, 4.69) is 10.6 Å². The molecule has 1 fully saturated rings. The van der Waals surface area contributed by atoms with Gasteiger partial charge in [0.25, 0.3) is 5.91 Å². The zero-order valence-corrected chi connectivity index (χ0v) is 14.4. The van der Waals surface area contributed by atoms with Gasteiger partial charge in [-0.25, -0.2) is 0 Å². The van der Waals surface area contributed by atoms with Gasteiger partial charge in [-0.15, -0.1) is 0 Å². The summed E-state index contributed by atoms with van der Waals surface area (Å²) in [6.45, 7) is -0.0241. The maximum atomic E-state index is 12.2. The first kappa shape index (κ1) is 18.1. The SMILES string of the molecule is COc1ccc(C(=O)NCC(=O)NC2CCCCCC2)cc1OC. The lowest BCUT2D eigenvalue weighted by Crippen LogP contribution is -2.41. The highest BCUT2D eigenvalue weighted by Crippen LogP contribution is 2.27. The van der Waals surface area contributed by atoms with Gasteiger partial charge in [0.1, 0.15) is 0 Å². The minimum atomic E-state index is -0.313. The molecule has 1 aromatic rings. The Bertz CT molecular complexity index is 566. The molecule has 1 aliphatic carbocycles. The second-order valence-corrected chi connectivity index (χ2v) is 6.01. The van der Waals surface area contributed by atoms with Crippen molar-refractivity contribution in [3.8, 4) is 11.5 Å². The Morgan fingerprint density at radius 1 is 1.04 bits per heavy atom. The summed E-state index contributed by atoms with van der Waals surface area (Å²) in [5.41, 5.74) is 0.426. The number of methoxy groups -OCH3 is 2. The highest BCUT2D eigenvalue weighted by atomic mass is 16.5. The predicted octanol–water partition coefficient (Wildman–Crippen LogP) is 2.27. The molecule has 2 N–H and O–H groups in total. The van der Waals surface area contributed by atoms with Gasteiger partial charge in [-0.3, -0.25) is 9.59 Å². The second-order valence-electron chi connectivity index (χ2n) is 6.01. The van der Waals surface area contributed by atoms with E-state index in [4.69, 9.17) is 9.47 Å². The van der Waals surface area contributed by atoms with Gasteiger partial charge in [0.2, 0.25) is 5.91 Å². The van der Waals surface area contributed by atoms with Gasteiger partial charge in [0.05, 0.1) is 20.8 Å². The number of benzene rings is 1. The quantitative estimate of drug-likeness (QED) is 0.783. The lowest BCUT2D eigenvalue weighted by molar-refractivity contribution is -0.120. The van der Waals surface area contributed by atoms with Crippen molar-refractivity contribution >= 4 is 11.8 Å². The van der Waals surface area contributed by atoms with Crippen molar-refractivity contribution in [3.63, 3.8) is 0 Å². The van der Waals surface area contributed by atoms with E-state index in [0.717, 1.165) is 25.7 Å². The van der Waals surface area contributed by atoms with Crippen LogP contribution in [-0.4, -0.2) is 38.6 Å². The summed E-state index contributed by atoms with van der Waals surface area (Å²) in [5, 5.41) is 5.65. The van der Waals surface area contributed by atoms with Crippen molar-refractivity contribution in [2.75, 3.05) is 20.8 Å². The molecule has 1 aromatic carbocycles. The number of nitrogens with one attached hydrogen (secondary N) is 2. The summed E-state index contributed by atoms with van der Waals surface area (Å²) in [7, 11) is 3.05. The molecule has 132 valence electrons. The molecule has 6 heteroatoms. The van der Waals surface area contributed by atoms with Crippen molar-refractivity contribution in [2.24, 2.45) is 0 Å². The fourth-order valence-corrected chi connectivity index (χ4v) is 2.94. The molecule has 6 nitrogen and oxygen atoms in total. The minimum absolute atomic E-state index is 0.0241. The van der Waals surface area contributed by atoms with Crippen molar-refractivity contribution in [2.45, 2.75) is 44.6 Å². The first-order chi connectivity index (χ1) is 11.6. The molecule has 0 saturated heterocycles. The zero-order chi connectivity index (χ0) is 17.4. The van der Waals surface area contributed by atoms with Gasteiger partial charge >= 0.3 is 0 Å². The average Bonchev–Trinajstić information content (AvgIpc) is 2.87. The average molecular weight is 334 g/mol. The predicted molar refractivity (Wildman–Crippen MR) is 91.5 cm³/mol. The lowest BCUT2D eigenvalue weighted by atomic mass is 10.1. The molecule has 0 aliphatic heterocycles. The van der Waals surface area contributed by atoms with Gasteiger partial charge in [-0.05, 0) is 31.0 Å². The highest BCUT2D eigenvalue weighted by Gasteiger charge is 2.16. The van der Waals surface area contributed by atoms with E-state index in [1.165, 1.54) is 27.1 Å². The largest absolute Gasteiger partial charge is 0.493 e. The van der Waals surface area contributed by atoms with E-state index in [-0.39, 0.29) is 24.4 Å². The van der Waals surface area contributed by atoms with Crippen molar-refractivity contribution in [1.29, 1.82) is 0 Å². The third-order valence-corrected chi connectivity index (χ3v) is 4.28. The fraction of sp³-hybridized carbons (Fsp3) is 0.556. The summed E-state index contributed by atoms with van der Waals surface area (Å²) in [4.78, 5) is 24.2. The van der Waals surface area contributed by atoms with Crippen LogP contribution in [0.25, 0.3) is 0 Å². The summed E-state index contributed by atoms with van der Waals surface area (Å²) >= 11 is 0. The number of carbonyl (C=O) groups excluding carboxylic acids is 2. The molecule has 2 amide bonds. The third-order valence-electron chi connectivity index (χ3n) is 4.28. The monoisotopic (exact) mass is 334 g/mol. The molecule has 24 heavy (non-hydrogen) atoms. The summed E-state index contributed by atoms with van der Waals surface area (Å²) in [6, 6.07) is 5.13. The summed E-state index contributed by atoms with van der Waals surface area (Å²) < 4.78 is 10.3. The standard InChI is InChI=1S/C18H26N2O4/c1-23-15-10-9-13(11-16(15)24-2)18(22)19-12-17(21)20-14-7-5-3-4-6-8-14/h9-11,14H,3-8,12H2,1-2H3,(H,19,22)(H,20,21). The van der Waals surface area contributed by atoms with Gasteiger partial charge in [-0.2, -0.15) is 0 Å². The van der Waals surface area contributed by atoms with E-state index in [1.54, 1.807) is 18.2 Å². The first-order valence-corrected chi connectivity index (χ1v) is 8.43. The maximum Gasteiger partial charge on any atom is 0.251 e. The summed E-state index contributed by atoms with van der Waals surface area (Å²) in [6.07, 6.45) is 6.83. The second kappa shape index (κ2) is 9.15. The minimum Gasteiger partial charge on any atom is -0.493 e. The van der Waals surface area contributed by atoms with E-state index in [1.807, 2.05) is 0 Å². The normalized spacial score (nSPS) is 15.2. The number of hydrogen-bond acceptors (Lipinski definition) is 4. The van der Waals surface area contributed by atoms with Crippen LogP contribution in [0.4, 0.5) is 0 Å². The molecule has 0 heterocycles. The maximum absolute atomic E-state index is 12.2. The molecular formula is C18H26N2O4. The van der Waals surface area contributed by atoms with E-state index < -0.39 is 0 Å². The smallest absolute Gasteiger partial charge is 0.251 e. The lowest BCUT2D eigenvalue weighted by Gasteiger charge is -2.16. The Morgan fingerprint density at radius 2 is 1.71 bits per heavy atom. The number of carbonyl (C=O) groups is 2. The van der Waals surface area contributed by atoms with Crippen LogP contribution in [0.3, 0.4) is 0 Å². The molecule has 2 rings (SSSR count). The van der Waals surface area contributed by atoms with Gasteiger partial charge in [-0.1, -0.05) is 25.7 Å². The molecule has 0 unspecified atom stereocenters. The van der Waals surface area contributed by atoms with Gasteiger partial charge in [0.15, 0.2) is 11.5 Å². The van der Waals surface area contributed by atoms with Crippen molar-refractivity contribution in [3.05, 3.63) is 23.8 Å². The Kier molecular flexibility index (Phi) is 6.90. The van der Waals surface area contributed by atoms with E-state index in [9.17, 15) is 9.59 Å². The van der Waals surface area contributed by atoms with Crippen LogP contribution >= 0.6 is 0 Å². The molecule has 0 aromatic heterocycles. The molecule has 1 aliphatic rings. The van der Waals surface area contributed by atoms with Crippen molar-refractivity contribution < 1.29 is 19.1 Å². The van der Waals surface area contributed by atoms with E-state index in [0.29, 0.717) is 17.1 Å². The van der Waals surface area contributed by atoms with Gasteiger partial charge < -0.3 is 20.1 Å². The topological polar surface area (TPSA) is 76.7 Å². The molecule has 0 radical (unpaired) electrons. The third kappa shape index (κ3) is 5.15. The highest BCUT2D eigenvalue weighted by molar-refractivity contribution is 5.97. The van der Waals surface area contributed by atoms with Crippen LogP contribution in [0.15, 0.2) is 18.2 Å². The number of hydrogen-bond donors (Lipinski definition) is 2. The van der Waals surface area contributed by atoms with Crippen LogP contribution in [0, 0.1) is 0 Å².